The zero-order valence-electron chi connectivity index (χ0n) is 10.8. The molecule has 1 aromatic heterocycles. The van der Waals surface area contributed by atoms with E-state index in [2.05, 4.69) is 5.32 Å². The third-order valence-corrected chi connectivity index (χ3v) is 2.66. The van der Waals surface area contributed by atoms with Gasteiger partial charge in [-0.3, -0.25) is 4.79 Å². The molecule has 0 aliphatic carbocycles. The Hall–Kier alpha value is -1.29. The highest BCUT2D eigenvalue weighted by Gasteiger charge is 2.11. The molecule has 1 unspecified atom stereocenters. The summed E-state index contributed by atoms with van der Waals surface area (Å²) in [6.45, 7) is 4.54. The Bertz CT molecular complexity index is 358. The van der Waals surface area contributed by atoms with Crippen molar-refractivity contribution >= 4 is 5.91 Å². The maximum absolute atomic E-state index is 11.4. The monoisotopic (exact) mass is 238 g/mol. The highest BCUT2D eigenvalue weighted by atomic mass is 16.3. The number of aliphatic hydroxyl groups is 1. The lowest BCUT2D eigenvalue weighted by atomic mass is 10.1. The van der Waals surface area contributed by atoms with Crippen LogP contribution in [0.5, 0.6) is 0 Å². The smallest absolute Gasteiger partial charge is 0.220 e. The van der Waals surface area contributed by atoms with Crippen LogP contribution in [-0.4, -0.2) is 22.1 Å². The molecule has 1 aromatic rings. The number of carbonyl (C=O) groups is 1. The molecule has 1 amide bonds. The van der Waals surface area contributed by atoms with Crippen LogP contribution >= 0.6 is 0 Å². The number of aliphatic hydroxyl groups excluding tert-OH is 1. The molecule has 0 bridgehead atoms. The quantitative estimate of drug-likeness (QED) is 0.791. The third kappa shape index (κ3) is 4.61. The second-order valence-electron chi connectivity index (χ2n) is 4.80. The lowest BCUT2D eigenvalue weighted by molar-refractivity contribution is -0.121. The molecule has 2 N–H and O–H groups in total. The van der Waals surface area contributed by atoms with Gasteiger partial charge in [0.1, 0.15) is 0 Å². The summed E-state index contributed by atoms with van der Waals surface area (Å²) in [6.07, 6.45) is 2.46. The van der Waals surface area contributed by atoms with E-state index in [1.807, 2.05) is 43.8 Å². The molecule has 0 aromatic carbocycles. The topological polar surface area (TPSA) is 54.3 Å². The van der Waals surface area contributed by atoms with Gasteiger partial charge in [0.15, 0.2) is 0 Å². The van der Waals surface area contributed by atoms with Crippen molar-refractivity contribution in [3.63, 3.8) is 0 Å². The molecule has 96 valence electrons. The van der Waals surface area contributed by atoms with Crippen LogP contribution < -0.4 is 5.32 Å². The number of aromatic nitrogens is 1. The lowest BCUT2D eigenvalue weighted by Crippen LogP contribution is -2.26. The fourth-order valence-electron chi connectivity index (χ4n) is 1.76. The van der Waals surface area contributed by atoms with Gasteiger partial charge in [-0.15, -0.1) is 0 Å². The number of nitrogens with one attached hydrogen (secondary N) is 1. The van der Waals surface area contributed by atoms with Gasteiger partial charge in [-0.2, -0.15) is 0 Å². The van der Waals surface area contributed by atoms with Gasteiger partial charge >= 0.3 is 0 Å². The Morgan fingerprint density at radius 1 is 1.53 bits per heavy atom. The summed E-state index contributed by atoms with van der Waals surface area (Å²) in [7, 11) is 1.90. The van der Waals surface area contributed by atoms with Crippen molar-refractivity contribution < 1.29 is 9.90 Å². The predicted octanol–water partition coefficient (Wildman–Crippen LogP) is 1.61. The average molecular weight is 238 g/mol. The first kappa shape index (κ1) is 13.8. The highest BCUT2D eigenvalue weighted by Crippen LogP contribution is 2.15. The fraction of sp³-hybridized carbons (Fsp3) is 0.615. The minimum Gasteiger partial charge on any atom is -0.387 e. The summed E-state index contributed by atoms with van der Waals surface area (Å²) < 4.78 is 1.89. The lowest BCUT2D eigenvalue weighted by Gasteiger charge is -2.13. The summed E-state index contributed by atoms with van der Waals surface area (Å²) in [6, 6.07) is 3.79. The van der Waals surface area contributed by atoms with Crippen molar-refractivity contribution in [1.82, 2.24) is 9.88 Å². The molecule has 4 nitrogen and oxygen atoms in total. The van der Waals surface area contributed by atoms with Gasteiger partial charge in [-0.25, -0.2) is 0 Å². The van der Waals surface area contributed by atoms with Crippen molar-refractivity contribution in [2.75, 3.05) is 6.54 Å². The number of rotatable bonds is 6. The standard InChI is InChI=1S/C13H22N2O2/c1-10(2)9-13(17)14-7-6-12(16)11-5-4-8-15(11)3/h4-5,8,10,12,16H,6-7,9H2,1-3H3,(H,14,17). The summed E-state index contributed by atoms with van der Waals surface area (Å²) >= 11 is 0. The Morgan fingerprint density at radius 3 is 2.76 bits per heavy atom. The number of hydrogen-bond donors (Lipinski definition) is 2. The van der Waals surface area contributed by atoms with E-state index in [4.69, 9.17) is 0 Å². The second kappa shape index (κ2) is 6.45. The Kier molecular flexibility index (Phi) is 5.22. The van der Waals surface area contributed by atoms with Crippen molar-refractivity contribution in [3.8, 4) is 0 Å². The van der Waals surface area contributed by atoms with Gasteiger partial charge in [0.05, 0.1) is 6.10 Å². The first-order valence-electron chi connectivity index (χ1n) is 6.06. The predicted molar refractivity (Wildman–Crippen MR) is 67.5 cm³/mol. The second-order valence-corrected chi connectivity index (χ2v) is 4.80. The molecule has 0 fully saturated rings. The number of carbonyl (C=O) groups excluding carboxylic acids is 1. The molecule has 0 spiro atoms. The SMILES string of the molecule is CC(C)CC(=O)NCCC(O)c1cccn1C. The van der Waals surface area contributed by atoms with Crippen LogP contribution in [0.4, 0.5) is 0 Å². The van der Waals surface area contributed by atoms with Gasteiger partial charge in [-0.05, 0) is 24.5 Å². The molecule has 4 heteroatoms. The van der Waals surface area contributed by atoms with E-state index in [-0.39, 0.29) is 5.91 Å². The minimum absolute atomic E-state index is 0.0547. The third-order valence-electron chi connectivity index (χ3n) is 2.66. The van der Waals surface area contributed by atoms with E-state index >= 15 is 0 Å². The van der Waals surface area contributed by atoms with Crippen LogP contribution in [0.2, 0.25) is 0 Å². The average Bonchev–Trinajstić information content (AvgIpc) is 2.63. The van der Waals surface area contributed by atoms with Crippen molar-refractivity contribution in [1.29, 1.82) is 0 Å². The highest BCUT2D eigenvalue weighted by molar-refractivity contribution is 5.75. The fourth-order valence-corrected chi connectivity index (χ4v) is 1.76. The van der Waals surface area contributed by atoms with Crippen molar-refractivity contribution in [2.24, 2.45) is 13.0 Å². The van der Waals surface area contributed by atoms with Crippen LogP contribution in [0.1, 0.15) is 38.5 Å². The summed E-state index contributed by atoms with van der Waals surface area (Å²) in [5.41, 5.74) is 0.878. The van der Waals surface area contributed by atoms with Gasteiger partial charge in [0.25, 0.3) is 0 Å². The zero-order chi connectivity index (χ0) is 12.8. The van der Waals surface area contributed by atoms with Crippen LogP contribution in [0.3, 0.4) is 0 Å². The number of nitrogens with zero attached hydrogens (tertiary/aromatic N) is 1. The van der Waals surface area contributed by atoms with E-state index in [0.29, 0.717) is 25.3 Å². The molecular weight excluding hydrogens is 216 g/mol. The molecule has 17 heavy (non-hydrogen) atoms. The van der Waals surface area contributed by atoms with E-state index in [0.717, 1.165) is 5.69 Å². The molecule has 0 aliphatic heterocycles. The molecule has 0 aliphatic rings. The molecular formula is C13H22N2O2. The number of aryl methyl sites for hydroxylation is 1. The van der Waals surface area contributed by atoms with Crippen LogP contribution in [0.25, 0.3) is 0 Å². The Morgan fingerprint density at radius 2 is 2.24 bits per heavy atom. The first-order chi connectivity index (χ1) is 8.00. The summed E-state index contributed by atoms with van der Waals surface area (Å²) in [5, 5.41) is 12.7. The van der Waals surface area contributed by atoms with Crippen molar-refractivity contribution in [3.05, 3.63) is 24.0 Å². The normalized spacial score (nSPS) is 12.8. The van der Waals surface area contributed by atoms with Crippen LogP contribution in [0.15, 0.2) is 18.3 Å². The summed E-state index contributed by atoms with van der Waals surface area (Å²) in [5.74, 6) is 0.423. The molecule has 0 saturated heterocycles. The van der Waals surface area contributed by atoms with Crippen LogP contribution in [-0.2, 0) is 11.8 Å². The molecule has 1 rings (SSSR count). The van der Waals surface area contributed by atoms with E-state index < -0.39 is 6.10 Å². The van der Waals surface area contributed by atoms with E-state index in [1.54, 1.807) is 0 Å². The molecule has 0 saturated carbocycles. The largest absolute Gasteiger partial charge is 0.387 e. The Labute approximate surface area is 103 Å². The maximum atomic E-state index is 11.4. The number of hydrogen-bond acceptors (Lipinski definition) is 2. The molecule has 1 heterocycles. The van der Waals surface area contributed by atoms with Gasteiger partial charge in [-0.1, -0.05) is 13.8 Å². The molecule has 1 atom stereocenters. The van der Waals surface area contributed by atoms with E-state index in [9.17, 15) is 9.90 Å². The van der Waals surface area contributed by atoms with Crippen LogP contribution in [0, 0.1) is 5.92 Å². The molecule has 0 radical (unpaired) electrons. The van der Waals surface area contributed by atoms with Crippen molar-refractivity contribution in [2.45, 2.75) is 32.8 Å². The van der Waals surface area contributed by atoms with E-state index in [1.165, 1.54) is 0 Å². The number of amides is 1. The zero-order valence-corrected chi connectivity index (χ0v) is 10.8. The van der Waals surface area contributed by atoms with Gasteiger partial charge < -0.3 is 15.0 Å². The summed E-state index contributed by atoms with van der Waals surface area (Å²) in [4.78, 5) is 11.4. The van der Waals surface area contributed by atoms with Gasteiger partial charge in [0.2, 0.25) is 5.91 Å². The Balaban J connectivity index is 2.27. The maximum Gasteiger partial charge on any atom is 0.220 e. The van der Waals surface area contributed by atoms with Gasteiger partial charge in [0, 0.05) is 31.9 Å². The first-order valence-corrected chi connectivity index (χ1v) is 6.06. The minimum atomic E-state index is -0.519.